The number of amides is 1. The lowest BCUT2D eigenvalue weighted by Gasteiger charge is -2.25. The fraction of sp³-hybridized carbons (Fsp3) is 0.429. The number of carbonyl (C=O) groups is 2. The SMILES string of the molecule is CC(=O)N(C(Cl)=C(Cl)Cl)[C@@H](CS)C(=O)O. The van der Waals surface area contributed by atoms with Crippen molar-refractivity contribution in [2.24, 2.45) is 0 Å². The van der Waals surface area contributed by atoms with Crippen LogP contribution in [-0.2, 0) is 9.59 Å². The van der Waals surface area contributed by atoms with Crippen LogP contribution < -0.4 is 0 Å². The molecule has 0 unspecified atom stereocenters. The average molecular weight is 293 g/mol. The van der Waals surface area contributed by atoms with Crippen LogP contribution in [0.4, 0.5) is 0 Å². The maximum absolute atomic E-state index is 11.2. The first-order valence-electron chi connectivity index (χ1n) is 3.67. The molecule has 0 radical (unpaired) electrons. The Hall–Kier alpha value is -0.100. The highest BCUT2D eigenvalue weighted by atomic mass is 35.5. The number of rotatable bonds is 4. The lowest BCUT2D eigenvalue weighted by Crippen LogP contribution is -2.43. The van der Waals surface area contributed by atoms with Crippen molar-refractivity contribution < 1.29 is 14.7 Å². The summed E-state index contributed by atoms with van der Waals surface area (Å²) < 4.78 is -0.375. The molecule has 1 amide bonds. The van der Waals surface area contributed by atoms with E-state index in [1.165, 1.54) is 0 Å². The van der Waals surface area contributed by atoms with Gasteiger partial charge in [0.15, 0.2) is 0 Å². The Balaban J connectivity index is 5.22. The van der Waals surface area contributed by atoms with Gasteiger partial charge in [0.1, 0.15) is 15.7 Å². The van der Waals surface area contributed by atoms with E-state index in [1.54, 1.807) is 0 Å². The van der Waals surface area contributed by atoms with Crippen molar-refractivity contribution in [1.29, 1.82) is 0 Å². The van der Waals surface area contributed by atoms with Gasteiger partial charge in [0.2, 0.25) is 5.91 Å². The topological polar surface area (TPSA) is 57.6 Å². The number of carboxylic acid groups (broad SMARTS) is 1. The molecule has 0 heterocycles. The Morgan fingerprint density at radius 2 is 1.87 bits per heavy atom. The summed E-state index contributed by atoms with van der Waals surface area (Å²) in [6.45, 7) is 1.15. The van der Waals surface area contributed by atoms with Gasteiger partial charge >= 0.3 is 5.97 Å². The fourth-order valence-corrected chi connectivity index (χ4v) is 1.59. The number of hydrogen-bond acceptors (Lipinski definition) is 3. The molecule has 1 atom stereocenters. The van der Waals surface area contributed by atoms with Crippen LogP contribution in [0.1, 0.15) is 6.92 Å². The molecule has 0 aromatic heterocycles. The van der Waals surface area contributed by atoms with Crippen molar-refractivity contribution in [3.05, 3.63) is 9.65 Å². The van der Waals surface area contributed by atoms with E-state index < -0.39 is 17.9 Å². The zero-order chi connectivity index (χ0) is 12.2. The van der Waals surface area contributed by atoms with Crippen LogP contribution in [-0.4, -0.2) is 33.7 Å². The normalized spacial score (nSPS) is 11.8. The Morgan fingerprint density at radius 1 is 1.40 bits per heavy atom. The van der Waals surface area contributed by atoms with Crippen LogP contribution >= 0.6 is 47.4 Å². The summed E-state index contributed by atoms with van der Waals surface area (Å²) in [7, 11) is 0. The van der Waals surface area contributed by atoms with Gasteiger partial charge in [0.25, 0.3) is 0 Å². The minimum Gasteiger partial charge on any atom is -0.480 e. The number of hydrogen-bond donors (Lipinski definition) is 2. The zero-order valence-electron chi connectivity index (χ0n) is 7.58. The standard InChI is InChI=1S/C7H8Cl3NO3S/c1-3(12)11(6(10)5(8)9)4(2-15)7(13)14/h4,15H,2H2,1H3,(H,13,14)/t4-/m0/s1. The second-order valence-electron chi connectivity index (χ2n) is 2.48. The number of carbonyl (C=O) groups excluding carboxylic acids is 1. The van der Waals surface area contributed by atoms with Crippen LogP contribution in [0.25, 0.3) is 0 Å². The van der Waals surface area contributed by atoms with Crippen LogP contribution in [0.2, 0.25) is 0 Å². The van der Waals surface area contributed by atoms with Crippen molar-refractivity contribution in [3.8, 4) is 0 Å². The molecule has 0 fully saturated rings. The summed E-state index contributed by atoms with van der Waals surface area (Å²) in [4.78, 5) is 22.8. The van der Waals surface area contributed by atoms with Crippen molar-refractivity contribution in [2.75, 3.05) is 5.75 Å². The molecule has 15 heavy (non-hydrogen) atoms. The monoisotopic (exact) mass is 291 g/mol. The van der Waals surface area contributed by atoms with Gasteiger partial charge in [-0.3, -0.25) is 9.69 Å². The molecule has 4 nitrogen and oxygen atoms in total. The third-order valence-corrected chi connectivity index (χ3v) is 2.74. The third kappa shape index (κ3) is 4.10. The summed E-state index contributed by atoms with van der Waals surface area (Å²) in [5.41, 5.74) is 0. The minimum atomic E-state index is -1.24. The third-order valence-electron chi connectivity index (χ3n) is 1.48. The van der Waals surface area contributed by atoms with Crippen molar-refractivity contribution in [1.82, 2.24) is 4.90 Å². The highest BCUT2D eigenvalue weighted by molar-refractivity contribution is 7.80. The van der Waals surface area contributed by atoms with Crippen LogP contribution in [0.3, 0.4) is 0 Å². The molecule has 0 saturated heterocycles. The van der Waals surface area contributed by atoms with Crippen molar-refractivity contribution in [3.63, 3.8) is 0 Å². The first kappa shape index (κ1) is 14.9. The van der Waals surface area contributed by atoms with E-state index in [1.807, 2.05) is 0 Å². The Bertz CT molecular complexity index is 304. The van der Waals surface area contributed by atoms with E-state index >= 15 is 0 Å². The predicted molar refractivity (Wildman–Crippen MR) is 62.4 cm³/mol. The second kappa shape index (κ2) is 6.48. The van der Waals surface area contributed by atoms with Gasteiger partial charge in [-0.25, -0.2) is 4.79 Å². The molecule has 0 aliphatic heterocycles. The summed E-state index contributed by atoms with van der Waals surface area (Å²) in [5.74, 6) is -1.93. The fourth-order valence-electron chi connectivity index (χ4n) is 0.856. The van der Waals surface area contributed by atoms with Crippen LogP contribution in [0.5, 0.6) is 0 Å². The van der Waals surface area contributed by atoms with E-state index in [9.17, 15) is 9.59 Å². The smallest absolute Gasteiger partial charge is 0.327 e. The van der Waals surface area contributed by atoms with Crippen molar-refractivity contribution >= 4 is 59.3 Å². The maximum Gasteiger partial charge on any atom is 0.327 e. The molecule has 0 aromatic carbocycles. The molecule has 1 N–H and O–H groups in total. The molecular weight excluding hydrogens is 285 g/mol. The number of halogens is 3. The first-order chi connectivity index (χ1) is 6.82. The summed E-state index contributed by atoms with van der Waals surface area (Å²) in [6.07, 6.45) is 0. The number of thiol groups is 1. The highest BCUT2D eigenvalue weighted by Crippen LogP contribution is 2.24. The number of carboxylic acids is 1. The Labute approximate surface area is 107 Å². The van der Waals surface area contributed by atoms with Crippen LogP contribution in [0, 0.1) is 0 Å². The lowest BCUT2D eigenvalue weighted by atomic mass is 10.3. The van der Waals surface area contributed by atoms with Crippen molar-refractivity contribution in [2.45, 2.75) is 13.0 Å². The molecule has 0 spiro atoms. The zero-order valence-corrected chi connectivity index (χ0v) is 10.7. The largest absolute Gasteiger partial charge is 0.480 e. The first-order valence-corrected chi connectivity index (χ1v) is 5.43. The Kier molecular flexibility index (Phi) is 6.43. The number of nitrogens with zero attached hydrogens (tertiary/aromatic N) is 1. The predicted octanol–water partition coefficient (Wildman–Crippen LogP) is 2.06. The highest BCUT2D eigenvalue weighted by Gasteiger charge is 2.29. The molecule has 8 heteroatoms. The molecule has 0 aliphatic rings. The van der Waals surface area contributed by atoms with Gasteiger partial charge in [-0.1, -0.05) is 34.8 Å². The van der Waals surface area contributed by atoms with E-state index in [0.29, 0.717) is 0 Å². The molecule has 0 bridgehead atoms. The Morgan fingerprint density at radius 3 is 2.07 bits per heavy atom. The van der Waals surface area contributed by atoms with Gasteiger partial charge < -0.3 is 5.11 Å². The molecule has 0 saturated carbocycles. The maximum atomic E-state index is 11.2. The van der Waals surface area contributed by atoms with Gasteiger partial charge in [-0.15, -0.1) is 0 Å². The molecule has 0 aliphatic carbocycles. The van der Waals surface area contributed by atoms with E-state index in [2.05, 4.69) is 12.6 Å². The quantitative estimate of drug-likeness (QED) is 0.616. The summed E-state index contributed by atoms with van der Waals surface area (Å²) >= 11 is 20.2. The average Bonchev–Trinajstić information content (AvgIpc) is 2.11. The van der Waals surface area contributed by atoms with Gasteiger partial charge in [-0.05, 0) is 0 Å². The van der Waals surface area contributed by atoms with Crippen LogP contribution in [0.15, 0.2) is 9.65 Å². The minimum absolute atomic E-state index is 0.105. The van der Waals surface area contributed by atoms with Gasteiger partial charge in [0.05, 0.1) is 0 Å². The van der Waals surface area contributed by atoms with E-state index in [0.717, 1.165) is 11.8 Å². The molecule has 0 rings (SSSR count). The summed E-state index contributed by atoms with van der Waals surface area (Å²) in [5, 5.41) is 8.49. The van der Waals surface area contributed by atoms with E-state index in [-0.39, 0.29) is 15.4 Å². The van der Waals surface area contributed by atoms with Gasteiger partial charge in [0, 0.05) is 12.7 Å². The molecule has 86 valence electrons. The lowest BCUT2D eigenvalue weighted by molar-refractivity contribution is -0.146. The second-order valence-corrected chi connectivity index (χ2v) is 4.15. The molecule has 0 aromatic rings. The molecular formula is C7H8Cl3NO3S. The number of aliphatic carboxylic acids is 1. The summed E-state index contributed by atoms with van der Waals surface area (Å²) in [6, 6.07) is -1.20. The van der Waals surface area contributed by atoms with Gasteiger partial charge in [-0.2, -0.15) is 12.6 Å². The van der Waals surface area contributed by atoms with E-state index in [4.69, 9.17) is 39.9 Å².